The minimum Gasteiger partial charge on any atom is -0.352 e. The van der Waals surface area contributed by atoms with Gasteiger partial charge >= 0.3 is 12.2 Å². The van der Waals surface area contributed by atoms with Crippen LogP contribution < -0.4 is 10.2 Å². The van der Waals surface area contributed by atoms with Gasteiger partial charge in [0.15, 0.2) is 0 Å². The Bertz CT molecular complexity index is 815. The van der Waals surface area contributed by atoms with Crippen LogP contribution in [0.3, 0.4) is 0 Å². The highest BCUT2D eigenvalue weighted by atomic mass is 35.5. The lowest BCUT2D eigenvalue weighted by atomic mass is 10.2. The Morgan fingerprint density at radius 2 is 2.04 bits per heavy atom. The summed E-state index contributed by atoms with van der Waals surface area (Å²) >= 11 is 6.17. The van der Waals surface area contributed by atoms with Crippen molar-refractivity contribution >= 4 is 29.1 Å². The van der Waals surface area contributed by atoms with Crippen LogP contribution in [0.5, 0.6) is 0 Å². The van der Waals surface area contributed by atoms with Crippen molar-refractivity contribution in [3.63, 3.8) is 0 Å². The second-order valence-corrected chi connectivity index (χ2v) is 6.56. The topological polar surface area (TPSA) is 61.4 Å². The minimum absolute atomic E-state index is 0.140. The normalized spacial score (nSPS) is 17.7. The number of urea groups is 1. The lowest BCUT2D eigenvalue weighted by Crippen LogP contribution is -2.55. The fourth-order valence-electron chi connectivity index (χ4n) is 2.89. The van der Waals surface area contributed by atoms with Gasteiger partial charge < -0.3 is 15.1 Å². The summed E-state index contributed by atoms with van der Waals surface area (Å²) in [7, 11) is 0. The predicted molar refractivity (Wildman–Crippen MR) is 95.9 cm³/mol. The molecule has 6 nitrogen and oxygen atoms in total. The molecule has 1 saturated heterocycles. The summed E-state index contributed by atoms with van der Waals surface area (Å²) in [6, 6.07) is 4.99. The third-order valence-corrected chi connectivity index (χ3v) is 4.53. The first-order chi connectivity index (χ1) is 12.8. The molecule has 1 aliphatic heterocycles. The van der Waals surface area contributed by atoms with Crippen molar-refractivity contribution in [3.8, 4) is 0 Å². The van der Waals surface area contributed by atoms with Gasteiger partial charge in [0.2, 0.25) is 0 Å². The zero-order valence-corrected chi connectivity index (χ0v) is 15.1. The number of carbonyl (C=O) groups is 1. The number of aromatic nitrogens is 2. The molecule has 2 aromatic rings. The molecule has 0 aliphatic carbocycles. The molecular weight excluding hydrogens is 383 g/mol. The molecule has 0 spiro atoms. The van der Waals surface area contributed by atoms with Gasteiger partial charge in [-0.05, 0) is 31.2 Å². The largest absolute Gasteiger partial charge is 0.433 e. The summed E-state index contributed by atoms with van der Waals surface area (Å²) in [6.45, 7) is 3.39. The van der Waals surface area contributed by atoms with E-state index in [1.165, 1.54) is 6.07 Å². The van der Waals surface area contributed by atoms with Gasteiger partial charge in [-0.15, -0.1) is 0 Å². The number of alkyl halides is 3. The first-order valence-electron chi connectivity index (χ1n) is 8.22. The van der Waals surface area contributed by atoms with Crippen LogP contribution in [0.15, 0.2) is 36.7 Å². The quantitative estimate of drug-likeness (QED) is 0.832. The van der Waals surface area contributed by atoms with Gasteiger partial charge in [0, 0.05) is 31.9 Å². The van der Waals surface area contributed by atoms with E-state index in [4.69, 9.17) is 11.6 Å². The number of nitrogens with one attached hydrogen (secondary N) is 1. The highest BCUT2D eigenvalue weighted by molar-refractivity contribution is 6.32. The smallest absolute Gasteiger partial charge is 0.352 e. The minimum atomic E-state index is -4.51. The van der Waals surface area contributed by atoms with Crippen LogP contribution in [-0.4, -0.2) is 46.6 Å². The van der Waals surface area contributed by atoms with Crippen LogP contribution in [0.2, 0.25) is 5.02 Å². The van der Waals surface area contributed by atoms with Crippen LogP contribution in [0.25, 0.3) is 0 Å². The second kappa shape index (κ2) is 7.59. The van der Waals surface area contributed by atoms with Gasteiger partial charge in [-0.2, -0.15) is 13.2 Å². The van der Waals surface area contributed by atoms with Gasteiger partial charge in [-0.25, -0.2) is 14.8 Å². The molecule has 2 amide bonds. The maximum Gasteiger partial charge on any atom is 0.433 e. The van der Waals surface area contributed by atoms with Gasteiger partial charge in [-0.1, -0.05) is 11.6 Å². The van der Waals surface area contributed by atoms with E-state index in [9.17, 15) is 18.0 Å². The van der Waals surface area contributed by atoms with Crippen LogP contribution in [0.4, 0.5) is 29.5 Å². The molecule has 1 fully saturated rings. The van der Waals surface area contributed by atoms with Crippen molar-refractivity contribution < 1.29 is 18.0 Å². The van der Waals surface area contributed by atoms with E-state index >= 15 is 0 Å². The van der Waals surface area contributed by atoms with E-state index in [0.29, 0.717) is 30.5 Å². The molecule has 0 saturated carbocycles. The summed E-state index contributed by atoms with van der Waals surface area (Å²) in [5, 5.41) is 3.12. The highest BCUT2D eigenvalue weighted by Crippen LogP contribution is 2.28. The number of halogens is 4. The number of piperazine rings is 1. The van der Waals surface area contributed by atoms with Gasteiger partial charge in [-0.3, -0.25) is 0 Å². The summed E-state index contributed by atoms with van der Waals surface area (Å²) in [6.07, 6.45) is -1.86. The van der Waals surface area contributed by atoms with E-state index in [2.05, 4.69) is 15.3 Å². The first-order valence-corrected chi connectivity index (χ1v) is 8.60. The molecule has 2 aromatic heterocycles. The Morgan fingerprint density at radius 3 is 2.63 bits per heavy atom. The van der Waals surface area contributed by atoms with E-state index in [0.717, 1.165) is 12.3 Å². The molecule has 0 aromatic carbocycles. The number of rotatable bonds is 2. The maximum atomic E-state index is 12.6. The van der Waals surface area contributed by atoms with Gasteiger partial charge in [0.1, 0.15) is 11.5 Å². The second-order valence-electron chi connectivity index (χ2n) is 6.16. The lowest BCUT2D eigenvalue weighted by Gasteiger charge is -2.40. The van der Waals surface area contributed by atoms with E-state index in [1.807, 2.05) is 11.8 Å². The van der Waals surface area contributed by atoms with Crippen LogP contribution >= 0.6 is 11.6 Å². The molecule has 144 valence electrons. The number of pyridine rings is 2. The fourth-order valence-corrected chi connectivity index (χ4v) is 3.13. The highest BCUT2D eigenvalue weighted by Gasteiger charge is 2.32. The van der Waals surface area contributed by atoms with E-state index in [-0.39, 0.29) is 11.7 Å². The number of carbonyl (C=O) groups excluding carboxylic acids is 1. The zero-order chi connectivity index (χ0) is 19.6. The van der Waals surface area contributed by atoms with E-state index < -0.39 is 17.9 Å². The fraction of sp³-hybridized carbons (Fsp3) is 0.353. The molecular formula is C17H17ClF3N5O. The summed E-state index contributed by atoms with van der Waals surface area (Å²) in [4.78, 5) is 23.7. The van der Waals surface area contributed by atoms with Crippen molar-refractivity contribution in [2.45, 2.75) is 19.1 Å². The van der Waals surface area contributed by atoms with Crippen molar-refractivity contribution in [2.75, 3.05) is 29.9 Å². The Kier molecular flexibility index (Phi) is 5.41. The maximum absolute atomic E-state index is 12.6. The molecule has 10 heteroatoms. The number of amides is 2. The third-order valence-electron chi connectivity index (χ3n) is 4.23. The molecule has 3 rings (SSSR count). The Labute approximate surface area is 159 Å². The van der Waals surface area contributed by atoms with E-state index in [1.54, 1.807) is 23.2 Å². The summed E-state index contributed by atoms with van der Waals surface area (Å²) in [5.74, 6) is 0.665. The van der Waals surface area contributed by atoms with Crippen LogP contribution in [0, 0.1) is 0 Å². The van der Waals surface area contributed by atoms with Crippen molar-refractivity contribution in [3.05, 3.63) is 47.4 Å². The lowest BCUT2D eigenvalue weighted by molar-refractivity contribution is -0.141. The van der Waals surface area contributed by atoms with Crippen LogP contribution in [0.1, 0.15) is 12.6 Å². The molecule has 1 N–H and O–H groups in total. The number of hydrogen-bond donors (Lipinski definition) is 1. The standard InChI is InChI=1S/C17H17ClF3N5O/c1-11-10-25(15-13(18)3-2-6-22-15)7-8-26(11)16(27)24-12-4-5-14(23-9-12)17(19,20)21/h2-6,9,11H,7-8,10H2,1H3,(H,24,27). The average Bonchev–Trinajstić information content (AvgIpc) is 2.61. The predicted octanol–water partition coefficient (Wildman–Crippen LogP) is 3.89. The molecule has 3 heterocycles. The monoisotopic (exact) mass is 399 g/mol. The summed E-state index contributed by atoms with van der Waals surface area (Å²) < 4.78 is 37.7. The van der Waals surface area contributed by atoms with Crippen molar-refractivity contribution in [2.24, 2.45) is 0 Å². The Morgan fingerprint density at radius 1 is 1.26 bits per heavy atom. The third kappa shape index (κ3) is 4.41. The zero-order valence-electron chi connectivity index (χ0n) is 14.4. The SMILES string of the molecule is CC1CN(c2ncccc2Cl)CCN1C(=O)Nc1ccc(C(F)(F)F)nc1. The average molecular weight is 400 g/mol. The number of hydrogen-bond acceptors (Lipinski definition) is 4. The molecule has 1 aliphatic rings. The van der Waals surface area contributed by atoms with Gasteiger partial charge in [0.25, 0.3) is 0 Å². The molecule has 27 heavy (non-hydrogen) atoms. The van der Waals surface area contributed by atoms with Crippen molar-refractivity contribution in [1.29, 1.82) is 0 Å². The van der Waals surface area contributed by atoms with Crippen molar-refractivity contribution in [1.82, 2.24) is 14.9 Å². The number of nitrogens with zero attached hydrogens (tertiary/aromatic N) is 4. The molecule has 0 bridgehead atoms. The Balaban J connectivity index is 1.62. The molecule has 0 radical (unpaired) electrons. The van der Waals surface area contributed by atoms with Crippen LogP contribution in [-0.2, 0) is 6.18 Å². The molecule has 1 atom stereocenters. The summed E-state index contributed by atoms with van der Waals surface area (Å²) in [5.41, 5.74) is -0.801. The Hall–Kier alpha value is -2.55. The van der Waals surface area contributed by atoms with Gasteiger partial charge in [0.05, 0.1) is 16.9 Å². The number of anilines is 2. The first kappa shape index (κ1) is 19.2. The molecule has 1 unspecified atom stereocenters.